The number of ether oxygens (including phenoxy) is 1. The molecule has 0 saturated carbocycles. The summed E-state index contributed by atoms with van der Waals surface area (Å²) in [7, 11) is 0. The first-order valence-electron chi connectivity index (χ1n) is 4.94. The SMILES string of the molecule is Cc1cc(OCC(=O)[O-])ccc1C(C)C.[Na+]. The van der Waals surface area contributed by atoms with Crippen LogP contribution < -0.4 is 39.4 Å². The second-order valence-electron chi connectivity index (χ2n) is 3.83. The Bertz CT molecular complexity index is 361. The molecule has 0 aliphatic rings. The van der Waals surface area contributed by atoms with Crippen LogP contribution in [0.5, 0.6) is 5.75 Å². The van der Waals surface area contributed by atoms with Crippen LogP contribution in [0.25, 0.3) is 0 Å². The molecular weight excluding hydrogens is 215 g/mol. The fourth-order valence-electron chi connectivity index (χ4n) is 1.53. The van der Waals surface area contributed by atoms with E-state index in [1.807, 2.05) is 19.1 Å². The average Bonchev–Trinajstić information content (AvgIpc) is 2.14. The maximum atomic E-state index is 10.2. The average molecular weight is 230 g/mol. The molecule has 0 heterocycles. The van der Waals surface area contributed by atoms with E-state index in [2.05, 4.69) is 13.8 Å². The summed E-state index contributed by atoms with van der Waals surface area (Å²) < 4.78 is 5.02. The van der Waals surface area contributed by atoms with Crippen molar-refractivity contribution in [3.05, 3.63) is 29.3 Å². The predicted octanol–water partition coefficient (Wildman–Crippen LogP) is -1.75. The van der Waals surface area contributed by atoms with Crippen LogP contribution in [0, 0.1) is 6.92 Å². The van der Waals surface area contributed by atoms with Crippen molar-refractivity contribution < 1.29 is 44.2 Å². The predicted molar refractivity (Wildman–Crippen MR) is 55.8 cm³/mol. The molecule has 0 aliphatic heterocycles. The van der Waals surface area contributed by atoms with Gasteiger partial charge in [0.2, 0.25) is 0 Å². The fourth-order valence-corrected chi connectivity index (χ4v) is 1.53. The summed E-state index contributed by atoms with van der Waals surface area (Å²) >= 11 is 0. The van der Waals surface area contributed by atoms with Crippen LogP contribution in [0.4, 0.5) is 0 Å². The van der Waals surface area contributed by atoms with Crippen molar-refractivity contribution >= 4 is 5.97 Å². The van der Waals surface area contributed by atoms with Crippen LogP contribution in [-0.2, 0) is 4.79 Å². The Labute approximate surface area is 118 Å². The molecule has 0 fully saturated rings. The van der Waals surface area contributed by atoms with Crippen LogP contribution in [0.1, 0.15) is 30.9 Å². The quantitative estimate of drug-likeness (QED) is 0.576. The molecule has 0 atom stereocenters. The summed E-state index contributed by atoms with van der Waals surface area (Å²) in [6, 6.07) is 5.59. The van der Waals surface area contributed by atoms with E-state index in [9.17, 15) is 9.90 Å². The Kier molecular flexibility index (Phi) is 6.72. The third kappa shape index (κ3) is 4.56. The summed E-state index contributed by atoms with van der Waals surface area (Å²) in [5, 5.41) is 10.2. The van der Waals surface area contributed by atoms with Gasteiger partial charge in [-0.2, -0.15) is 0 Å². The first-order valence-corrected chi connectivity index (χ1v) is 4.94. The van der Waals surface area contributed by atoms with Gasteiger partial charge in [-0.05, 0) is 36.1 Å². The minimum Gasteiger partial charge on any atom is -0.546 e. The number of hydrogen-bond acceptors (Lipinski definition) is 3. The van der Waals surface area contributed by atoms with Gasteiger partial charge in [0.1, 0.15) is 12.4 Å². The Hall–Kier alpha value is -0.510. The monoisotopic (exact) mass is 230 g/mol. The van der Waals surface area contributed by atoms with Crippen molar-refractivity contribution in [2.45, 2.75) is 26.7 Å². The van der Waals surface area contributed by atoms with Gasteiger partial charge in [0, 0.05) is 0 Å². The summed E-state index contributed by atoms with van der Waals surface area (Å²) in [5.41, 5.74) is 2.36. The molecule has 16 heavy (non-hydrogen) atoms. The smallest absolute Gasteiger partial charge is 0.546 e. The van der Waals surface area contributed by atoms with Crippen molar-refractivity contribution in [2.75, 3.05) is 6.61 Å². The molecule has 0 bridgehead atoms. The Morgan fingerprint density at radius 3 is 2.50 bits per heavy atom. The van der Waals surface area contributed by atoms with Gasteiger partial charge in [-0.3, -0.25) is 0 Å². The summed E-state index contributed by atoms with van der Waals surface area (Å²) in [4.78, 5) is 10.2. The number of carbonyl (C=O) groups is 1. The molecule has 0 unspecified atom stereocenters. The van der Waals surface area contributed by atoms with E-state index in [0.29, 0.717) is 11.7 Å². The Balaban J connectivity index is 0.00000225. The number of hydrogen-bond donors (Lipinski definition) is 0. The minimum absolute atomic E-state index is 0. The molecule has 3 nitrogen and oxygen atoms in total. The molecule has 0 spiro atoms. The first-order chi connectivity index (χ1) is 7.00. The number of carboxylic acid groups (broad SMARTS) is 1. The van der Waals surface area contributed by atoms with Gasteiger partial charge in [0.05, 0.1) is 5.97 Å². The van der Waals surface area contributed by atoms with Crippen molar-refractivity contribution in [3.63, 3.8) is 0 Å². The standard InChI is InChI=1S/C12H16O3.Na/c1-8(2)11-5-4-10(6-9(11)3)15-7-12(13)14;/h4-6,8H,7H2,1-3H3,(H,13,14);/q;+1/p-1. The Morgan fingerprint density at radius 2 is 2.06 bits per heavy atom. The number of aryl methyl sites for hydroxylation is 1. The van der Waals surface area contributed by atoms with Crippen LogP contribution >= 0.6 is 0 Å². The van der Waals surface area contributed by atoms with Crippen molar-refractivity contribution in [2.24, 2.45) is 0 Å². The van der Waals surface area contributed by atoms with Gasteiger partial charge in [-0.15, -0.1) is 0 Å². The zero-order valence-corrected chi connectivity index (χ0v) is 12.2. The molecular formula is C12H15NaO3. The molecule has 0 N–H and O–H groups in total. The van der Waals surface area contributed by atoms with E-state index >= 15 is 0 Å². The number of benzene rings is 1. The molecule has 0 amide bonds. The molecule has 0 saturated heterocycles. The van der Waals surface area contributed by atoms with Crippen molar-refractivity contribution in [1.29, 1.82) is 0 Å². The number of aliphatic carboxylic acids is 1. The molecule has 0 radical (unpaired) electrons. The van der Waals surface area contributed by atoms with Gasteiger partial charge in [0.25, 0.3) is 0 Å². The summed E-state index contributed by atoms with van der Waals surface area (Å²) in [6.45, 7) is 5.82. The van der Waals surface area contributed by atoms with Gasteiger partial charge in [0.15, 0.2) is 0 Å². The van der Waals surface area contributed by atoms with E-state index in [1.54, 1.807) is 6.07 Å². The summed E-state index contributed by atoms with van der Waals surface area (Å²) in [6.07, 6.45) is 0. The third-order valence-corrected chi connectivity index (χ3v) is 2.22. The first kappa shape index (κ1) is 15.5. The number of carbonyl (C=O) groups excluding carboxylic acids is 1. The molecule has 1 aromatic carbocycles. The second-order valence-corrected chi connectivity index (χ2v) is 3.83. The van der Waals surface area contributed by atoms with Crippen LogP contribution in [-0.4, -0.2) is 12.6 Å². The van der Waals surface area contributed by atoms with Gasteiger partial charge < -0.3 is 14.6 Å². The van der Waals surface area contributed by atoms with E-state index in [4.69, 9.17) is 4.74 Å². The van der Waals surface area contributed by atoms with Crippen LogP contribution in [0.15, 0.2) is 18.2 Å². The molecule has 0 aromatic heterocycles. The summed E-state index contributed by atoms with van der Waals surface area (Å²) in [5.74, 6) is -0.179. The maximum Gasteiger partial charge on any atom is 1.00 e. The van der Waals surface area contributed by atoms with Crippen LogP contribution in [0.2, 0.25) is 0 Å². The van der Waals surface area contributed by atoms with E-state index in [1.165, 1.54) is 5.56 Å². The van der Waals surface area contributed by atoms with Gasteiger partial charge in [-0.1, -0.05) is 19.9 Å². The third-order valence-electron chi connectivity index (χ3n) is 2.22. The fraction of sp³-hybridized carbons (Fsp3) is 0.417. The molecule has 4 heteroatoms. The van der Waals surface area contributed by atoms with Crippen LogP contribution in [0.3, 0.4) is 0 Å². The normalized spacial score (nSPS) is 9.75. The van der Waals surface area contributed by atoms with Crippen molar-refractivity contribution in [1.82, 2.24) is 0 Å². The molecule has 1 aromatic rings. The Morgan fingerprint density at radius 1 is 1.44 bits per heavy atom. The zero-order chi connectivity index (χ0) is 11.4. The molecule has 1 rings (SSSR count). The zero-order valence-electron chi connectivity index (χ0n) is 10.2. The number of rotatable bonds is 4. The topological polar surface area (TPSA) is 49.4 Å². The van der Waals surface area contributed by atoms with E-state index < -0.39 is 12.6 Å². The number of carboxylic acids is 1. The van der Waals surface area contributed by atoms with E-state index in [-0.39, 0.29) is 29.6 Å². The maximum absolute atomic E-state index is 10.2. The minimum atomic E-state index is -1.21. The second kappa shape index (κ2) is 6.94. The van der Waals surface area contributed by atoms with E-state index in [0.717, 1.165) is 5.56 Å². The molecule has 0 aliphatic carbocycles. The molecule has 82 valence electrons. The van der Waals surface area contributed by atoms with Gasteiger partial charge in [-0.25, -0.2) is 0 Å². The van der Waals surface area contributed by atoms with Gasteiger partial charge >= 0.3 is 29.6 Å². The largest absolute Gasteiger partial charge is 1.00 e. The van der Waals surface area contributed by atoms with Crippen molar-refractivity contribution in [3.8, 4) is 5.75 Å².